The van der Waals surface area contributed by atoms with Crippen molar-refractivity contribution >= 4 is 15.8 Å². The van der Waals surface area contributed by atoms with E-state index in [1.54, 1.807) is 14.1 Å². The molecule has 16 heavy (non-hydrogen) atoms. The van der Waals surface area contributed by atoms with Crippen LogP contribution in [0.15, 0.2) is 23.2 Å². The molecule has 6 heteroatoms. The summed E-state index contributed by atoms with van der Waals surface area (Å²) in [7, 11) is -0.0959. The van der Waals surface area contributed by atoms with Gasteiger partial charge in [0, 0.05) is 32.9 Å². The second-order valence-corrected chi connectivity index (χ2v) is 5.50. The van der Waals surface area contributed by atoms with Gasteiger partial charge in [0.25, 0.3) is 0 Å². The molecule has 0 aliphatic heterocycles. The fraction of sp³-hybridized carbons (Fsp3) is 0.500. The first-order valence-electron chi connectivity index (χ1n) is 5.12. The second-order valence-electron chi connectivity index (χ2n) is 3.45. The van der Waals surface area contributed by atoms with Crippen molar-refractivity contribution < 1.29 is 8.42 Å². The number of nitrogens with one attached hydrogen (secondary N) is 1. The number of nitrogens with zero attached hydrogens (tertiary/aromatic N) is 2. The van der Waals surface area contributed by atoms with E-state index in [0.717, 1.165) is 6.42 Å². The van der Waals surface area contributed by atoms with Crippen molar-refractivity contribution in [2.45, 2.75) is 18.2 Å². The lowest BCUT2D eigenvalue weighted by Gasteiger charge is -2.16. The largest absolute Gasteiger partial charge is 0.373 e. The Labute approximate surface area is 96.5 Å². The molecule has 1 aromatic rings. The maximum atomic E-state index is 12.1. The van der Waals surface area contributed by atoms with Gasteiger partial charge in [-0.15, -0.1) is 0 Å². The van der Waals surface area contributed by atoms with Gasteiger partial charge in [-0.2, -0.15) is 0 Å². The average molecular weight is 243 g/mol. The Kier molecular flexibility index (Phi) is 4.26. The third-order valence-corrected chi connectivity index (χ3v) is 4.09. The predicted octanol–water partition coefficient (Wildman–Crippen LogP) is 1.15. The van der Waals surface area contributed by atoms with Crippen LogP contribution in [0.25, 0.3) is 0 Å². The van der Waals surface area contributed by atoms with Gasteiger partial charge in [-0.05, 0) is 12.5 Å². The molecule has 1 heterocycles. The SMILES string of the molecule is CCCN(C)S(=O)(=O)c1ccnc(NC)c1. The van der Waals surface area contributed by atoms with E-state index in [1.165, 1.54) is 22.6 Å². The van der Waals surface area contributed by atoms with Gasteiger partial charge < -0.3 is 5.32 Å². The first-order chi connectivity index (χ1) is 7.52. The van der Waals surface area contributed by atoms with Crippen molar-refractivity contribution in [2.24, 2.45) is 0 Å². The zero-order valence-corrected chi connectivity index (χ0v) is 10.6. The standard InChI is InChI=1S/C10H17N3O2S/c1-4-7-13(3)16(14,15)9-5-6-12-10(8-9)11-2/h5-6,8H,4,7H2,1-3H3,(H,11,12). The molecule has 0 spiro atoms. The Bertz CT molecular complexity index is 445. The van der Waals surface area contributed by atoms with Crippen LogP contribution < -0.4 is 5.32 Å². The number of sulfonamides is 1. The average Bonchev–Trinajstić information content (AvgIpc) is 2.29. The second kappa shape index (κ2) is 5.27. The van der Waals surface area contributed by atoms with Crippen LogP contribution in [0.2, 0.25) is 0 Å². The molecule has 0 amide bonds. The molecule has 0 radical (unpaired) electrons. The summed E-state index contributed by atoms with van der Waals surface area (Å²) >= 11 is 0. The number of rotatable bonds is 5. The van der Waals surface area contributed by atoms with Crippen molar-refractivity contribution in [2.75, 3.05) is 26.0 Å². The molecule has 0 fully saturated rings. The van der Waals surface area contributed by atoms with Crippen LogP contribution in [0.3, 0.4) is 0 Å². The third-order valence-electron chi connectivity index (χ3n) is 2.23. The first kappa shape index (κ1) is 12.9. The highest BCUT2D eigenvalue weighted by Gasteiger charge is 2.20. The van der Waals surface area contributed by atoms with E-state index in [0.29, 0.717) is 12.4 Å². The number of hydrogen-bond acceptors (Lipinski definition) is 4. The number of anilines is 1. The molecular formula is C10H17N3O2S. The minimum absolute atomic E-state index is 0.266. The number of aromatic nitrogens is 1. The monoisotopic (exact) mass is 243 g/mol. The Hall–Kier alpha value is -1.14. The van der Waals surface area contributed by atoms with Crippen molar-refractivity contribution in [1.29, 1.82) is 0 Å². The molecule has 1 N–H and O–H groups in total. The fourth-order valence-electron chi connectivity index (χ4n) is 1.32. The molecule has 0 unspecified atom stereocenters. The van der Waals surface area contributed by atoms with E-state index in [1.807, 2.05) is 6.92 Å². The lowest BCUT2D eigenvalue weighted by molar-refractivity contribution is 0.468. The van der Waals surface area contributed by atoms with Gasteiger partial charge in [0.1, 0.15) is 5.82 Å². The fourth-order valence-corrected chi connectivity index (χ4v) is 2.60. The molecule has 1 aromatic heterocycles. The van der Waals surface area contributed by atoms with E-state index in [-0.39, 0.29) is 4.90 Å². The molecule has 0 aliphatic rings. The summed E-state index contributed by atoms with van der Waals surface area (Å²) in [6.45, 7) is 2.46. The van der Waals surface area contributed by atoms with Gasteiger partial charge in [-0.25, -0.2) is 17.7 Å². The third kappa shape index (κ3) is 2.70. The summed E-state index contributed by atoms with van der Waals surface area (Å²) in [6.07, 6.45) is 2.28. The summed E-state index contributed by atoms with van der Waals surface area (Å²) < 4.78 is 25.5. The van der Waals surface area contributed by atoms with Gasteiger partial charge >= 0.3 is 0 Å². The minimum atomic E-state index is -3.38. The molecule has 5 nitrogen and oxygen atoms in total. The molecule has 0 saturated heterocycles. The van der Waals surface area contributed by atoms with Crippen molar-refractivity contribution in [1.82, 2.24) is 9.29 Å². The van der Waals surface area contributed by atoms with Crippen LogP contribution >= 0.6 is 0 Å². The topological polar surface area (TPSA) is 62.3 Å². The van der Waals surface area contributed by atoms with Gasteiger partial charge in [-0.3, -0.25) is 0 Å². The Morgan fingerprint density at radius 3 is 2.75 bits per heavy atom. The zero-order valence-electron chi connectivity index (χ0n) is 9.77. The van der Waals surface area contributed by atoms with Gasteiger partial charge in [0.15, 0.2) is 0 Å². The summed E-state index contributed by atoms with van der Waals surface area (Å²) in [5, 5.41) is 2.82. The minimum Gasteiger partial charge on any atom is -0.373 e. The van der Waals surface area contributed by atoms with E-state index < -0.39 is 10.0 Å². The highest BCUT2D eigenvalue weighted by molar-refractivity contribution is 7.89. The van der Waals surface area contributed by atoms with Gasteiger partial charge in [-0.1, -0.05) is 6.92 Å². The Morgan fingerprint density at radius 2 is 2.19 bits per heavy atom. The maximum Gasteiger partial charge on any atom is 0.243 e. The molecule has 0 aromatic carbocycles. The Morgan fingerprint density at radius 1 is 1.50 bits per heavy atom. The van der Waals surface area contributed by atoms with Gasteiger partial charge in [0.05, 0.1) is 4.90 Å². The zero-order chi connectivity index (χ0) is 12.2. The number of pyridine rings is 1. The highest BCUT2D eigenvalue weighted by atomic mass is 32.2. The van der Waals surface area contributed by atoms with Crippen LogP contribution in [0, 0.1) is 0 Å². The summed E-state index contributed by atoms with van der Waals surface area (Å²) in [4.78, 5) is 4.25. The molecular weight excluding hydrogens is 226 g/mol. The van der Waals surface area contributed by atoms with Crippen LogP contribution in [-0.4, -0.2) is 38.3 Å². The van der Waals surface area contributed by atoms with Crippen LogP contribution in [0.4, 0.5) is 5.82 Å². The lowest BCUT2D eigenvalue weighted by atomic mass is 10.5. The van der Waals surface area contributed by atoms with E-state index >= 15 is 0 Å². The van der Waals surface area contributed by atoms with Crippen molar-refractivity contribution in [3.63, 3.8) is 0 Å². The Balaban J connectivity index is 3.06. The van der Waals surface area contributed by atoms with Crippen LogP contribution in [0.1, 0.15) is 13.3 Å². The van der Waals surface area contributed by atoms with E-state index in [9.17, 15) is 8.42 Å². The summed E-state index contributed by atoms with van der Waals surface area (Å²) in [5.41, 5.74) is 0. The van der Waals surface area contributed by atoms with Gasteiger partial charge in [0.2, 0.25) is 10.0 Å². The summed E-state index contributed by atoms with van der Waals surface area (Å²) in [6, 6.07) is 3.03. The van der Waals surface area contributed by atoms with Crippen LogP contribution in [0.5, 0.6) is 0 Å². The molecule has 1 rings (SSSR count). The lowest BCUT2D eigenvalue weighted by Crippen LogP contribution is -2.27. The number of hydrogen-bond donors (Lipinski definition) is 1. The molecule has 0 aliphatic carbocycles. The summed E-state index contributed by atoms with van der Waals surface area (Å²) in [5.74, 6) is 0.547. The maximum absolute atomic E-state index is 12.1. The smallest absolute Gasteiger partial charge is 0.243 e. The van der Waals surface area contributed by atoms with Crippen molar-refractivity contribution in [3.05, 3.63) is 18.3 Å². The molecule has 0 atom stereocenters. The van der Waals surface area contributed by atoms with E-state index in [4.69, 9.17) is 0 Å². The first-order valence-corrected chi connectivity index (χ1v) is 6.56. The quantitative estimate of drug-likeness (QED) is 0.842. The van der Waals surface area contributed by atoms with E-state index in [2.05, 4.69) is 10.3 Å². The molecule has 0 bridgehead atoms. The highest BCUT2D eigenvalue weighted by Crippen LogP contribution is 2.16. The molecule has 0 saturated carbocycles. The van der Waals surface area contributed by atoms with Crippen molar-refractivity contribution in [3.8, 4) is 0 Å². The predicted molar refractivity (Wildman–Crippen MR) is 63.9 cm³/mol. The normalized spacial score (nSPS) is 11.8. The molecule has 90 valence electrons. The van der Waals surface area contributed by atoms with Crippen LogP contribution in [-0.2, 0) is 10.0 Å².